The van der Waals surface area contributed by atoms with Crippen LogP contribution in [0.2, 0.25) is 0 Å². The number of aliphatic hydroxyl groups is 1. The van der Waals surface area contributed by atoms with Gasteiger partial charge in [0, 0.05) is 24.3 Å². The second-order valence-corrected chi connectivity index (χ2v) is 11.3. The van der Waals surface area contributed by atoms with Crippen molar-refractivity contribution < 1.29 is 19.8 Å². The molecule has 4 aliphatic carbocycles. The monoisotopic (exact) mass is 405 g/mol. The number of nitrogens with two attached hydrogens (primary N) is 1. The van der Waals surface area contributed by atoms with Gasteiger partial charge in [0.1, 0.15) is 5.78 Å². The van der Waals surface area contributed by atoms with Crippen molar-refractivity contribution in [3.05, 3.63) is 0 Å². The van der Waals surface area contributed by atoms with E-state index in [0.717, 1.165) is 38.5 Å². The third-order valence-electron chi connectivity index (χ3n) is 10.2. The molecular weight excluding hydrogens is 366 g/mol. The van der Waals surface area contributed by atoms with Crippen molar-refractivity contribution in [2.45, 2.75) is 90.7 Å². The first-order valence-corrected chi connectivity index (χ1v) is 11.8. The lowest BCUT2D eigenvalue weighted by atomic mass is 9.43. The molecule has 0 aromatic heterocycles. The minimum atomic E-state index is -0.760. The quantitative estimate of drug-likeness (QED) is 0.663. The van der Waals surface area contributed by atoms with Gasteiger partial charge in [0.2, 0.25) is 0 Å². The molecule has 10 atom stereocenters. The van der Waals surface area contributed by atoms with Crippen molar-refractivity contribution in [3.63, 3.8) is 0 Å². The van der Waals surface area contributed by atoms with Crippen molar-refractivity contribution in [3.8, 4) is 0 Å². The van der Waals surface area contributed by atoms with Gasteiger partial charge in [-0.1, -0.05) is 20.8 Å². The molecule has 0 radical (unpaired) electrons. The van der Waals surface area contributed by atoms with Crippen molar-refractivity contribution in [2.75, 3.05) is 0 Å². The number of carboxylic acid groups (broad SMARTS) is 1. The van der Waals surface area contributed by atoms with Gasteiger partial charge < -0.3 is 15.9 Å². The van der Waals surface area contributed by atoms with E-state index in [1.165, 1.54) is 0 Å². The van der Waals surface area contributed by atoms with Gasteiger partial charge in [0.05, 0.1) is 6.10 Å². The Balaban J connectivity index is 1.62. The highest BCUT2D eigenvalue weighted by Gasteiger charge is 2.65. The van der Waals surface area contributed by atoms with E-state index in [2.05, 4.69) is 20.8 Å². The van der Waals surface area contributed by atoms with Crippen LogP contribution < -0.4 is 5.73 Å². The van der Waals surface area contributed by atoms with E-state index < -0.39 is 11.4 Å². The van der Waals surface area contributed by atoms with Crippen molar-refractivity contribution in [2.24, 2.45) is 52.1 Å². The number of Topliss-reactive ketones (excluding diaryl/α,β-unsaturated/α-hetero) is 1. The summed E-state index contributed by atoms with van der Waals surface area (Å²) in [5, 5.41) is 20.4. The van der Waals surface area contributed by atoms with Gasteiger partial charge in [-0.15, -0.1) is 0 Å². The first-order valence-electron chi connectivity index (χ1n) is 11.8. The summed E-state index contributed by atoms with van der Waals surface area (Å²) >= 11 is 0. The molecule has 29 heavy (non-hydrogen) atoms. The number of hydrogen-bond donors (Lipinski definition) is 3. The zero-order valence-electron chi connectivity index (χ0n) is 18.3. The molecule has 4 rings (SSSR count). The number of aliphatic carboxylic acids is 1. The fourth-order valence-electron chi connectivity index (χ4n) is 8.47. The largest absolute Gasteiger partial charge is 0.481 e. The summed E-state index contributed by atoms with van der Waals surface area (Å²) in [6, 6.07) is 0.229. The normalized spacial score (nSPS) is 50.4. The topological polar surface area (TPSA) is 101 Å². The molecule has 4 N–H and O–H groups in total. The Bertz CT molecular complexity index is 680. The molecular formula is C24H39NO4. The van der Waals surface area contributed by atoms with Crippen LogP contribution in [0, 0.1) is 46.3 Å². The SMILES string of the molecule is C[C@H](CCC(=O)O)[C@H]1CC[C@H]2[C@@H]3[C@H](O)C[C@@H]4C[C@@H](N)CC[C@]4(C)[C@H]3CC(=O)[C@]12C. The number of rotatable bonds is 4. The average molecular weight is 406 g/mol. The lowest BCUT2D eigenvalue weighted by molar-refractivity contribution is -0.177. The smallest absolute Gasteiger partial charge is 0.303 e. The Kier molecular flexibility index (Phi) is 5.39. The Hall–Kier alpha value is -0.940. The Labute approximate surface area is 174 Å². The number of carbonyl (C=O) groups excluding carboxylic acids is 1. The molecule has 0 saturated heterocycles. The van der Waals surface area contributed by atoms with E-state index >= 15 is 0 Å². The van der Waals surface area contributed by atoms with Crippen LogP contribution >= 0.6 is 0 Å². The summed E-state index contributed by atoms with van der Waals surface area (Å²) in [5.41, 5.74) is 5.97. The summed E-state index contributed by atoms with van der Waals surface area (Å²) < 4.78 is 0. The van der Waals surface area contributed by atoms with Crippen LogP contribution in [-0.4, -0.2) is 34.1 Å². The van der Waals surface area contributed by atoms with E-state index in [4.69, 9.17) is 10.8 Å². The fourth-order valence-corrected chi connectivity index (χ4v) is 8.47. The molecule has 5 nitrogen and oxygen atoms in total. The summed E-state index contributed by atoms with van der Waals surface area (Å²) in [7, 11) is 0. The minimum Gasteiger partial charge on any atom is -0.481 e. The number of carbonyl (C=O) groups is 2. The fraction of sp³-hybridized carbons (Fsp3) is 0.917. The highest BCUT2D eigenvalue weighted by molar-refractivity contribution is 5.87. The Morgan fingerprint density at radius 2 is 1.93 bits per heavy atom. The van der Waals surface area contributed by atoms with Crippen LogP contribution in [0.1, 0.15) is 78.6 Å². The van der Waals surface area contributed by atoms with Crippen LogP contribution in [0.15, 0.2) is 0 Å². The molecule has 0 heterocycles. The highest BCUT2D eigenvalue weighted by atomic mass is 16.4. The van der Waals surface area contributed by atoms with Gasteiger partial charge in [-0.2, -0.15) is 0 Å². The molecule has 0 aliphatic heterocycles. The lowest BCUT2D eigenvalue weighted by Gasteiger charge is -2.61. The van der Waals surface area contributed by atoms with Crippen LogP contribution in [0.25, 0.3) is 0 Å². The van der Waals surface area contributed by atoms with Crippen molar-refractivity contribution in [1.82, 2.24) is 0 Å². The molecule has 5 heteroatoms. The molecule has 0 aromatic rings. The molecule has 4 fully saturated rings. The first-order chi connectivity index (χ1) is 13.6. The molecule has 0 spiro atoms. The van der Waals surface area contributed by atoms with Crippen LogP contribution in [0.5, 0.6) is 0 Å². The number of ketones is 1. The van der Waals surface area contributed by atoms with Gasteiger partial charge >= 0.3 is 5.97 Å². The van der Waals surface area contributed by atoms with E-state index in [1.807, 2.05) is 0 Å². The summed E-state index contributed by atoms with van der Waals surface area (Å²) in [6.07, 6.45) is 6.91. The van der Waals surface area contributed by atoms with Gasteiger partial charge in [-0.3, -0.25) is 9.59 Å². The van der Waals surface area contributed by atoms with E-state index in [9.17, 15) is 14.7 Å². The van der Waals surface area contributed by atoms with Gasteiger partial charge in [-0.05, 0) is 85.9 Å². The molecule has 4 saturated carbocycles. The van der Waals surface area contributed by atoms with E-state index in [0.29, 0.717) is 24.5 Å². The van der Waals surface area contributed by atoms with Gasteiger partial charge in [0.15, 0.2) is 0 Å². The molecule has 0 amide bonds. The zero-order valence-corrected chi connectivity index (χ0v) is 18.3. The maximum atomic E-state index is 13.7. The summed E-state index contributed by atoms with van der Waals surface area (Å²) in [4.78, 5) is 24.7. The predicted octanol–water partition coefficient (Wildman–Crippen LogP) is 3.62. The lowest BCUT2D eigenvalue weighted by Crippen LogP contribution is -2.61. The second-order valence-electron chi connectivity index (χ2n) is 11.3. The molecule has 0 unspecified atom stereocenters. The average Bonchev–Trinajstić information content (AvgIpc) is 3.01. The number of hydrogen-bond acceptors (Lipinski definition) is 4. The molecule has 0 bridgehead atoms. The number of fused-ring (bicyclic) bond motifs is 5. The molecule has 164 valence electrons. The predicted molar refractivity (Wildman–Crippen MR) is 111 cm³/mol. The third kappa shape index (κ3) is 3.18. The zero-order chi connectivity index (χ0) is 21.1. The maximum absolute atomic E-state index is 13.7. The first kappa shape index (κ1) is 21.3. The minimum absolute atomic E-state index is 0.115. The van der Waals surface area contributed by atoms with E-state index in [-0.39, 0.29) is 53.6 Å². The van der Waals surface area contributed by atoms with Crippen molar-refractivity contribution in [1.29, 1.82) is 0 Å². The maximum Gasteiger partial charge on any atom is 0.303 e. The third-order valence-corrected chi connectivity index (χ3v) is 10.2. The van der Waals surface area contributed by atoms with Crippen LogP contribution in [-0.2, 0) is 9.59 Å². The van der Waals surface area contributed by atoms with E-state index in [1.54, 1.807) is 0 Å². The highest BCUT2D eigenvalue weighted by Crippen LogP contribution is 2.67. The number of aliphatic hydroxyl groups excluding tert-OH is 1. The van der Waals surface area contributed by atoms with Crippen molar-refractivity contribution >= 4 is 11.8 Å². The Morgan fingerprint density at radius 1 is 1.21 bits per heavy atom. The molecule has 4 aliphatic rings. The van der Waals surface area contributed by atoms with Gasteiger partial charge in [0.25, 0.3) is 0 Å². The Morgan fingerprint density at radius 3 is 2.62 bits per heavy atom. The van der Waals surface area contributed by atoms with Gasteiger partial charge in [-0.25, -0.2) is 0 Å². The second kappa shape index (κ2) is 7.33. The van der Waals surface area contributed by atoms with Crippen LogP contribution in [0.4, 0.5) is 0 Å². The standard InChI is InChI=1S/C24H39NO4/c1-13(4-7-21(28)29)16-5-6-17-22-18(12-20(27)24(16,17)3)23(2)9-8-15(25)10-14(23)11-19(22)26/h13-19,22,26H,4-12,25H2,1-3H3,(H,28,29)/t13-,14+,15+,16-,17+,18+,19-,22+,23+,24-/m1/s1. The van der Waals surface area contributed by atoms with Crippen LogP contribution in [0.3, 0.4) is 0 Å². The molecule has 0 aromatic carbocycles. The number of carboxylic acids is 1. The summed E-state index contributed by atoms with van der Waals surface area (Å²) in [5.74, 6) is 1.19. The summed E-state index contributed by atoms with van der Waals surface area (Å²) in [6.45, 7) is 6.63.